The second-order valence-electron chi connectivity index (χ2n) is 4.52. The predicted octanol–water partition coefficient (Wildman–Crippen LogP) is 2.23. The third-order valence-electron chi connectivity index (χ3n) is 3.07. The number of rotatable bonds is 3. The van der Waals surface area contributed by atoms with Crippen molar-refractivity contribution in [1.82, 2.24) is 9.29 Å². The molecule has 2 rings (SSSR count). The van der Waals surface area contributed by atoms with Crippen molar-refractivity contribution in [1.29, 1.82) is 0 Å². The lowest BCUT2D eigenvalue weighted by molar-refractivity contribution is 0.289. The quantitative estimate of drug-likeness (QED) is 0.922. The second-order valence-corrected chi connectivity index (χ2v) is 7.05. The van der Waals surface area contributed by atoms with Crippen LogP contribution >= 0.6 is 15.9 Å². The number of aromatic nitrogens is 1. The fourth-order valence-electron chi connectivity index (χ4n) is 1.87. The smallest absolute Gasteiger partial charge is 0.254 e. The highest BCUT2D eigenvalue weighted by atomic mass is 79.9. The Balaban J connectivity index is 2.10. The summed E-state index contributed by atoms with van der Waals surface area (Å²) in [4.78, 5) is 4.01. The number of nitrogens with one attached hydrogen (secondary N) is 1. The SMILES string of the molecule is CC1CCN(S(=O)(=O)Nc2ncccc2Br)CC1. The van der Waals surface area contributed by atoms with Gasteiger partial charge in [0.2, 0.25) is 0 Å². The lowest BCUT2D eigenvalue weighted by Gasteiger charge is -2.29. The monoisotopic (exact) mass is 333 g/mol. The molecular formula is C11H16BrN3O2S. The van der Waals surface area contributed by atoms with Crippen LogP contribution < -0.4 is 4.72 Å². The van der Waals surface area contributed by atoms with E-state index in [-0.39, 0.29) is 0 Å². The molecule has 5 nitrogen and oxygen atoms in total. The van der Waals surface area contributed by atoms with Crippen molar-refractivity contribution < 1.29 is 8.42 Å². The summed E-state index contributed by atoms with van der Waals surface area (Å²) in [6, 6.07) is 3.49. The minimum absolute atomic E-state index is 0.330. The van der Waals surface area contributed by atoms with Crippen LogP contribution in [0.1, 0.15) is 19.8 Å². The highest BCUT2D eigenvalue weighted by Crippen LogP contribution is 2.23. The van der Waals surface area contributed by atoms with Crippen molar-refractivity contribution in [3.05, 3.63) is 22.8 Å². The summed E-state index contributed by atoms with van der Waals surface area (Å²) in [6.07, 6.45) is 3.37. The molecule has 1 saturated heterocycles. The van der Waals surface area contributed by atoms with Gasteiger partial charge in [0.15, 0.2) is 5.82 Å². The molecule has 1 aliphatic rings. The molecule has 18 heavy (non-hydrogen) atoms. The second kappa shape index (κ2) is 5.54. The Bertz CT molecular complexity index is 513. The van der Waals surface area contributed by atoms with E-state index in [0.29, 0.717) is 29.3 Å². The molecule has 7 heteroatoms. The van der Waals surface area contributed by atoms with Crippen molar-refractivity contribution in [2.75, 3.05) is 17.8 Å². The fraction of sp³-hybridized carbons (Fsp3) is 0.545. The van der Waals surface area contributed by atoms with Crippen LogP contribution in [0, 0.1) is 5.92 Å². The fourth-order valence-corrected chi connectivity index (χ4v) is 3.59. The number of hydrogen-bond donors (Lipinski definition) is 1. The number of pyridine rings is 1. The van der Waals surface area contributed by atoms with Crippen molar-refractivity contribution in [3.63, 3.8) is 0 Å². The molecule has 1 aliphatic heterocycles. The number of nitrogens with zero attached hydrogens (tertiary/aromatic N) is 2. The predicted molar refractivity (Wildman–Crippen MR) is 74.5 cm³/mol. The Labute approximate surface area is 116 Å². The third-order valence-corrected chi connectivity index (χ3v) is 5.20. The molecule has 0 saturated carbocycles. The average molecular weight is 334 g/mol. The van der Waals surface area contributed by atoms with Crippen LogP contribution in [0.15, 0.2) is 22.8 Å². The topological polar surface area (TPSA) is 62.3 Å². The van der Waals surface area contributed by atoms with Gasteiger partial charge < -0.3 is 0 Å². The highest BCUT2D eigenvalue weighted by Gasteiger charge is 2.26. The summed E-state index contributed by atoms with van der Waals surface area (Å²) < 4.78 is 29.0. The number of anilines is 1. The van der Waals surface area contributed by atoms with Gasteiger partial charge in [0.1, 0.15) is 0 Å². The van der Waals surface area contributed by atoms with Gasteiger partial charge in [-0.2, -0.15) is 12.7 Å². The molecule has 1 N–H and O–H groups in total. The van der Waals surface area contributed by atoms with E-state index in [4.69, 9.17) is 0 Å². The van der Waals surface area contributed by atoms with E-state index < -0.39 is 10.2 Å². The summed E-state index contributed by atoms with van der Waals surface area (Å²) >= 11 is 3.27. The molecule has 0 atom stereocenters. The first-order valence-electron chi connectivity index (χ1n) is 5.87. The molecule has 1 aromatic heterocycles. The Morgan fingerprint density at radius 3 is 2.72 bits per heavy atom. The van der Waals surface area contributed by atoms with Crippen molar-refractivity contribution in [2.45, 2.75) is 19.8 Å². The first kappa shape index (κ1) is 13.8. The van der Waals surface area contributed by atoms with E-state index in [1.165, 1.54) is 4.31 Å². The largest absolute Gasteiger partial charge is 0.302 e. The molecule has 100 valence electrons. The molecule has 1 aromatic rings. The van der Waals surface area contributed by atoms with Crippen LogP contribution in [0.5, 0.6) is 0 Å². The van der Waals surface area contributed by atoms with E-state index in [1.54, 1.807) is 18.3 Å². The van der Waals surface area contributed by atoms with Crippen LogP contribution in [-0.4, -0.2) is 30.8 Å². The van der Waals surface area contributed by atoms with Gasteiger partial charge in [-0.05, 0) is 46.8 Å². The minimum Gasteiger partial charge on any atom is -0.254 e. The summed E-state index contributed by atoms with van der Waals surface area (Å²) in [7, 11) is -3.49. The molecule has 0 radical (unpaired) electrons. The maximum absolute atomic E-state index is 12.2. The van der Waals surface area contributed by atoms with Crippen LogP contribution in [0.3, 0.4) is 0 Å². The summed E-state index contributed by atoms with van der Waals surface area (Å²) in [5.41, 5.74) is 0. The number of hydrogen-bond acceptors (Lipinski definition) is 3. The first-order chi connectivity index (χ1) is 8.49. The van der Waals surface area contributed by atoms with Gasteiger partial charge in [-0.1, -0.05) is 6.92 Å². The molecule has 0 aromatic carbocycles. The molecule has 2 heterocycles. The van der Waals surface area contributed by atoms with Crippen LogP contribution in [0.4, 0.5) is 5.82 Å². The maximum Gasteiger partial charge on any atom is 0.302 e. The Hall–Kier alpha value is -0.660. The average Bonchev–Trinajstić information content (AvgIpc) is 2.32. The van der Waals surface area contributed by atoms with Gasteiger partial charge in [-0.3, -0.25) is 4.72 Å². The van der Waals surface area contributed by atoms with Crippen LogP contribution in [0.25, 0.3) is 0 Å². The Morgan fingerprint density at radius 1 is 1.44 bits per heavy atom. The highest BCUT2D eigenvalue weighted by molar-refractivity contribution is 9.10. The van der Waals surface area contributed by atoms with Gasteiger partial charge in [-0.15, -0.1) is 0 Å². The van der Waals surface area contributed by atoms with Gasteiger partial charge in [0.25, 0.3) is 0 Å². The van der Waals surface area contributed by atoms with E-state index in [2.05, 4.69) is 32.6 Å². The number of halogens is 1. The van der Waals surface area contributed by atoms with Gasteiger partial charge in [0.05, 0.1) is 4.47 Å². The molecular weight excluding hydrogens is 318 g/mol. The number of piperidine rings is 1. The van der Waals surface area contributed by atoms with Gasteiger partial charge >= 0.3 is 10.2 Å². The Kier molecular flexibility index (Phi) is 4.24. The van der Waals surface area contributed by atoms with Crippen molar-refractivity contribution in [2.24, 2.45) is 5.92 Å². The van der Waals surface area contributed by atoms with Crippen molar-refractivity contribution in [3.8, 4) is 0 Å². The third kappa shape index (κ3) is 3.21. The van der Waals surface area contributed by atoms with Crippen molar-refractivity contribution >= 4 is 32.0 Å². The molecule has 0 aliphatic carbocycles. The standard InChI is InChI=1S/C11H16BrN3O2S/c1-9-4-7-15(8-5-9)18(16,17)14-11-10(12)3-2-6-13-11/h2-3,6,9H,4-5,7-8H2,1H3,(H,13,14). The molecule has 0 spiro atoms. The first-order valence-corrected chi connectivity index (χ1v) is 8.11. The Morgan fingerprint density at radius 2 is 2.11 bits per heavy atom. The van der Waals surface area contributed by atoms with Gasteiger partial charge in [-0.25, -0.2) is 4.98 Å². The van der Waals surface area contributed by atoms with Gasteiger partial charge in [0, 0.05) is 19.3 Å². The molecule has 0 amide bonds. The lowest BCUT2D eigenvalue weighted by atomic mass is 10.0. The molecule has 0 unspecified atom stereocenters. The molecule has 0 bridgehead atoms. The van der Waals surface area contributed by atoms with Crippen LogP contribution in [0.2, 0.25) is 0 Å². The zero-order valence-electron chi connectivity index (χ0n) is 10.1. The normalized spacial score (nSPS) is 18.8. The minimum atomic E-state index is -3.49. The van der Waals surface area contributed by atoms with E-state index in [0.717, 1.165) is 12.8 Å². The summed E-state index contributed by atoms with van der Waals surface area (Å²) in [5, 5.41) is 0. The van der Waals surface area contributed by atoms with Crippen LogP contribution in [-0.2, 0) is 10.2 Å². The van der Waals surface area contributed by atoms with E-state index in [1.807, 2.05) is 0 Å². The summed E-state index contributed by atoms with van der Waals surface area (Å²) in [5.74, 6) is 0.925. The lowest BCUT2D eigenvalue weighted by Crippen LogP contribution is -2.41. The zero-order chi connectivity index (χ0) is 13.2. The summed E-state index contributed by atoms with van der Waals surface area (Å²) in [6.45, 7) is 3.29. The molecule has 1 fully saturated rings. The van der Waals surface area contributed by atoms with E-state index in [9.17, 15) is 8.42 Å². The zero-order valence-corrected chi connectivity index (χ0v) is 12.5. The maximum atomic E-state index is 12.2. The van der Waals surface area contributed by atoms with E-state index >= 15 is 0 Å².